The lowest BCUT2D eigenvalue weighted by Crippen LogP contribution is -2.29. The number of amides is 2. The minimum atomic E-state index is -0.174. The van der Waals surface area contributed by atoms with E-state index in [1.165, 1.54) is 0 Å². The first-order valence-corrected chi connectivity index (χ1v) is 8.84. The second-order valence-electron chi connectivity index (χ2n) is 6.23. The van der Waals surface area contributed by atoms with Crippen LogP contribution in [0.3, 0.4) is 0 Å². The number of para-hydroxylation sites is 1. The minimum Gasteiger partial charge on any atom is -0.355 e. The smallest absolute Gasteiger partial charge is 0.227 e. The lowest BCUT2D eigenvalue weighted by Gasteiger charge is -2.09. The van der Waals surface area contributed by atoms with E-state index in [4.69, 9.17) is 0 Å². The number of rotatable bonds is 7. The summed E-state index contributed by atoms with van der Waals surface area (Å²) in [5, 5.41) is 10.1. The molecule has 0 spiro atoms. The molecule has 3 aromatic rings. The molecule has 27 heavy (non-hydrogen) atoms. The van der Waals surface area contributed by atoms with Crippen molar-refractivity contribution in [3.8, 4) is 5.69 Å². The Hall–Kier alpha value is -3.41. The van der Waals surface area contributed by atoms with Crippen LogP contribution in [0.1, 0.15) is 17.7 Å². The monoisotopic (exact) mass is 362 g/mol. The first kappa shape index (κ1) is 18.4. The van der Waals surface area contributed by atoms with Crippen LogP contribution in [0.15, 0.2) is 66.7 Å². The summed E-state index contributed by atoms with van der Waals surface area (Å²) in [6.45, 7) is 2.16. The molecule has 138 valence electrons. The van der Waals surface area contributed by atoms with Crippen LogP contribution in [0.2, 0.25) is 0 Å². The topological polar surface area (TPSA) is 76.0 Å². The molecule has 0 atom stereocenters. The number of nitrogens with one attached hydrogen (secondary N) is 2. The zero-order valence-corrected chi connectivity index (χ0v) is 15.2. The average Bonchev–Trinajstić information content (AvgIpc) is 3.03. The molecule has 6 nitrogen and oxygen atoms in total. The van der Waals surface area contributed by atoms with Crippen LogP contribution in [0, 0.1) is 6.92 Å². The highest BCUT2D eigenvalue weighted by Gasteiger charge is 2.11. The molecule has 2 N–H and O–H groups in total. The molecular formula is C21H22N4O2. The van der Waals surface area contributed by atoms with E-state index >= 15 is 0 Å². The van der Waals surface area contributed by atoms with Gasteiger partial charge in [0, 0.05) is 19.0 Å². The fourth-order valence-corrected chi connectivity index (χ4v) is 2.72. The fourth-order valence-electron chi connectivity index (χ4n) is 2.72. The first-order chi connectivity index (χ1) is 13.1. The van der Waals surface area contributed by atoms with Crippen molar-refractivity contribution < 1.29 is 9.59 Å². The van der Waals surface area contributed by atoms with Crippen molar-refractivity contribution in [1.29, 1.82) is 0 Å². The predicted molar refractivity (Wildman–Crippen MR) is 105 cm³/mol. The molecule has 0 saturated carbocycles. The zero-order valence-electron chi connectivity index (χ0n) is 15.2. The molecule has 6 heteroatoms. The SMILES string of the molecule is Cc1cc(NC(=O)CCNC(=O)Cc2ccccc2)n(-c2ccccc2)n1. The van der Waals surface area contributed by atoms with E-state index in [1.807, 2.05) is 73.7 Å². The van der Waals surface area contributed by atoms with Crippen LogP contribution >= 0.6 is 0 Å². The van der Waals surface area contributed by atoms with E-state index in [0.717, 1.165) is 16.9 Å². The Morgan fingerprint density at radius 1 is 0.963 bits per heavy atom. The van der Waals surface area contributed by atoms with Gasteiger partial charge in [-0.2, -0.15) is 5.10 Å². The Morgan fingerprint density at radius 3 is 2.33 bits per heavy atom. The van der Waals surface area contributed by atoms with Gasteiger partial charge in [-0.15, -0.1) is 0 Å². The van der Waals surface area contributed by atoms with Gasteiger partial charge >= 0.3 is 0 Å². The van der Waals surface area contributed by atoms with Crippen LogP contribution in [0.4, 0.5) is 5.82 Å². The Bertz CT molecular complexity index is 904. The predicted octanol–water partition coefficient (Wildman–Crippen LogP) is 2.87. The summed E-state index contributed by atoms with van der Waals surface area (Å²) in [6.07, 6.45) is 0.502. The van der Waals surface area contributed by atoms with E-state index in [2.05, 4.69) is 15.7 Å². The van der Waals surface area contributed by atoms with Gasteiger partial charge in [0.05, 0.1) is 17.8 Å². The standard InChI is InChI=1S/C21H22N4O2/c1-16-14-19(25(24-16)18-10-6-3-7-11-18)23-20(26)12-13-22-21(27)15-17-8-4-2-5-9-17/h2-11,14H,12-13,15H2,1H3,(H,22,27)(H,23,26). The molecular weight excluding hydrogens is 340 g/mol. The van der Waals surface area contributed by atoms with Crippen LogP contribution < -0.4 is 10.6 Å². The highest BCUT2D eigenvalue weighted by atomic mass is 16.2. The van der Waals surface area contributed by atoms with Crippen molar-refractivity contribution in [2.45, 2.75) is 19.8 Å². The van der Waals surface area contributed by atoms with Gasteiger partial charge in [-0.3, -0.25) is 9.59 Å². The van der Waals surface area contributed by atoms with Gasteiger partial charge in [0.15, 0.2) is 0 Å². The van der Waals surface area contributed by atoms with E-state index < -0.39 is 0 Å². The van der Waals surface area contributed by atoms with E-state index in [1.54, 1.807) is 4.68 Å². The van der Waals surface area contributed by atoms with E-state index in [9.17, 15) is 9.59 Å². The molecule has 1 heterocycles. The molecule has 0 bridgehead atoms. The first-order valence-electron chi connectivity index (χ1n) is 8.84. The van der Waals surface area contributed by atoms with Gasteiger partial charge in [0.2, 0.25) is 11.8 Å². The molecule has 0 aliphatic rings. The number of anilines is 1. The summed E-state index contributed by atoms with van der Waals surface area (Å²) in [6, 6.07) is 20.9. The highest BCUT2D eigenvalue weighted by Crippen LogP contribution is 2.16. The molecule has 0 aliphatic heterocycles. The Labute approximate surface area is 158 Å². The third-order valence-corrected chi connectivity index (χ3v) is 3.98. The van der Waals surface area contributed by atoms with Crippen molar-refractivity contribution in [3.05, 3.63) is 78.0 Å². The van der Waals surface area contributed by atoms with E-state index in [0.29, 0.717) is 12.2 Å². The highest BCUT2D eigenvalue weighted by molar-refractivity contribution is 5.90. The number of benzene rings is 2. The number of aromatic nitrogens is 2. The minimum absolute atomic E-state index is 0.0980. The zero-order chi connectivity index (χ0) is 19.1. The summed E-state index contributed by atoms with van der Waals surface area (Å²) < 4.78 is 1.70. The maximum atomic E-state index is 12.2. The lowest BCUT2D eigenvalue weighted by molar-refractivity contribution is -0.120. The molecule has 0 fully saturated rings. The molecule has 0 saturated heterocycles. The van der Waals surface area contributed by atoms with Gasteiger partial charge in [0.25, 0.3) is 0 Å². The summed E-state index contributed by atoms with van der Waals surface area (Å²) in [5.41, 5.74) is 2.63. The summed E-state index contributed by atoms with van der Waals surface area (Å²) in [5.74, 6) is 0.338. The van der Waals surface area contributed by atoms with Crippen LogP contribution in [0.5, 0.6) is 0 Å². The van der Waals surface area contributed by atoms with Crippen LogP contribution in [-0.4, -0.2) is 28.1 Å². The Morgan fingerprint density at radius 2 is 1.63 bits per heavy atom. The molecule has 0 aliphatic carbocycles. The van der Waals surface area contributed by atoms with Gasteiger partial charge in [-0.1, -0.05) is 48.5 Å². The summed E-state index contributed by atoms with van der Waals surface area (Å²) >= 11 is 0. The quantitative estimate of drug-likeness (QED) is 0.679. The van der Waals surface area contributed by atoms with Crippen molar-refractivity contribution >= 4 is 17.6 Å². The molecule has 0 radical (unpaired) electrons. The lowest BCUT2D eigenvalue weighted by atomic mass is 10.1. The van der Waals surface area contributed by atoms with Gasteiger partial charge < -0.3 is 10.6 Å². The number of carbonyl (C=O) groups is 2. The largest absolute Gasteiger partial charge is 0.355 e. The summed E-state index contributed by atoms with van der Waals surface area (Å²) in [7, 11) is 0. The summed E-state index contributed by atoms with van der Waals surface area (Å²) in [4.78, 5) is 24.2. The van der Waals surface area contributed by atoms with Crippen molar-refractivity contribution in [2.75, 3.05) is 11.9 Å². The van der Waals surface area contributed by atoms with E-state index in [-0.39, 0.29) is 24.8 Å². The second-order valence-corrected chi connectivity index (χ2v) is 6.23. The number of nitrogens with zero attached hydrogens (tertiary/aromatic N) is 2. The number of hydrogen-bond donors (Lipinski definition) is 2. The Balaban J connectivity index is 1.51. The van der Waals surface area contributed by atoms with Gasteiger partial charge in [0.1, 0.15) is 5.82 Å². The van der Waals surface area contributed by atoms with Crippen LogP contribution in [-0.2, 0) is 16.0 Å². The Kier molecular flexibility index (Phi) is 5.99. The van der Waals surface area contributed by atoms with Gasteiger partial charge in [-0.25, -0.2) is 4.68 Å². The van der Waals surface area contributed by atoms with Gasteiger partial charge in [-0.05, 0) is 24.6 Å². The van der Waals surface area contributed by atoms with Crippen molar-refractivity contribution in [3.63, 3.8) is 0 Å². The third-order valence-electron chi connectivity index (χ3n) is 3.98. The third kappa shape index (κ3) is 5.28. The number of aryl methyl sites for hydroxylation is 1. The molecule has 0 unspecified atom stereocenters. The van der Waals surface area contributed by atoms with Crippen molar-refractivity contribution in [2.24, 2.45) is 0 Å². The maximum absolute atomic E-state index is 12.2. The number of carbonyl (C=O) groups excluding carboxylic acids is 2. The average molecular weight is 362 g/mol. The number of hydrogen-bond acceptors (Lipinski definition) is 3. The molecule has 2 amide bonds. The molecule has 1 aromatic heterocycles. The fraction of sp³-hybridized carbons (Fsp3) is 0.190. The van der Waals surface area contributed by atoms with Crippen LogP contribution in [0.25, 0.3) is 5.69 Å². The second kappa shape index (κ2) is 8.80. The van der Waals surface area contributed by atoms with Crippen molar-refractivity contribution in [1.82, 2.24) is 15.1 Å². The molecule has 2 aromatic carbocycles. The molecule has 3 rings (SSSR count). The maximum Gasteiger partial charge on any atom is 0.227 e. The normalized spacial score (nSPS) is 10.4.